The molecule has 0 saturated carbocycles. The average molecular weight is 264 g/mol. The fourth-order valence-corrected chi connectivity index (χ4v) is 0.796. The van der Waals surface area contributed by atoms with Crippen LogP contribution in [0.15, 0.2) is 0 Å². The SMILES string of the molecule is CC(C)C(=O)OC(O)(OC(=O)C(C)C)C(O)CO. The Morgan fingerprint density at radius 1 is 1.06 bits per heavy atom. The van der Waals surface area contributed by atoms with Crippen molar-refractivity contribution in [2.45, 2.75) is 39.8 Å². The third-order valence-corrected chi connectivity index (χ3v) is 2.03. The van der Waals surface area contributed by atoms with Crippen molar-refractivity contribution in [3.8, 4) is 0 Å². The fraction of sp³-hybridized carbons (Fsp3) is 0.818. The zero-order valence-corrected chi connectivity index (χ0v) is 10.9. The molecular weight excluding hydrogens is 244 g/mol. The number of carbonyl (C=O) groups excluding carboxylic acids is 2. The predicted octanol–water partition coefficient (Wildman–Crippen LogP) is -0.616. The highest BCUT2D eigenvalue weighted by Crippen LogP contribution is 2.19. The van der Waals surface area contributed by atoms with E-state index in [9.17, 15) is 19.8 Å². The Labute approximate surface area is 105 Å². The minimum atomic E-state index is -2.88. The van der Waals surface area contributed by atoms with E-state index < -0.39 is 42.5 Å². The molecule has 0 aromatic heterocycles. The quantitative estimate of drug-likeness (QED) is 0.433. The summed E-state index contributed by atoms with van der Waals surface area (Å²) in [5, 5.41) is 28.0. The number of hydrogen-bond donors (Lipinski definition) is 3. The summed E-state index contributed by atoms with van der Waals surface area (Å²) >= 11 is 0. The molecule has 18 heavy (non-hydrogen) atoms. The van der Waals surface area contributed by atoms with Gasteiger partial charge in [0.1, 0.15) is 0 Å². The van der Waals surface area contributed by atoms with Crippen LogP contribution in [0.1, 0.15) is 27.7 Å². The van der Waals surface area contributed by atoms with Gasteiger partial charge in [0.15, 0.2) is 6.10 Å². The molecule has 0 fully saturated rings. The molecule has 0 aliphatic heterocycles. The van der Waals surface area contributed by atoms with E-state index in [2.05, 4.69) is 9.47 Å². The normalized spacial score (nSPS) is 13.6. The minimum Gasteiger partial charge on any atom is -0.396 e. The van der Waals surface area contributed by atoms with Gasteiger partial charge in [0, 0.05) is 0 Å². The van der Waals surface area contributed by atoms with E-state index in [4.69, 9.17) is 5.11 Å². The number of rotatable bonds is 6. The van der Waals surface area contributed by atoms with Crippen LogP contribution < -0.4 is 0 Å². The first kappa shape index (κ1) is 16.8. The van der Waals surface area contributed by atoms with Gasteiger partial charge in [-0.3, -0.25) is 9.59 Å². The smallest absolute Gasteiger partial charge is 0.396 e. The van der Waals surface area contributed by atoms with Crippen LogP contribution in [0.3, 0.4) is 0 Å². The molecule has 0 spiro atoms. The van der Waals surface area contributed by atoms with E-state index >= 15 is 0 Å². The zero-order valence-electron chi connectivity index (χ0n) is 10.9. The number of ether oxygens (including phenoxy) is 2. The van der Waals surface area contributed by atoms with Gasteiger partial charge < -0.3 is 24.8 Å². The lowest BCUT2D eigenvalue weighted by Gasteiger charge is -2.31. The molecule has 0 rings (SSSR count). The molecule has 0 saturated heterocycles. The van der Waals surface area contributed by atoms with Gasteiger partial charge in [-0.15, -0.1) is 0 Å². The summed E-state index contributed by atoms with van der Waals surface area (Å²) in [5.74, 6) is -5.82. The lowest BCUT2D eigenvalue weighted by atomic mass is 10.2. The maximum Gasteiger partial charge on any atom is 0.403 e. The van der Waals surface area contributed by atoms with E-state index in [0.717, 1.165) is 0 Å². The number of aliphatic hydroxyl groups excluding tert-OH is 2. The van der Waals surface area contributed by atoms with Gasteiger partial charge in [0.25, 0.3) is 0 Å². The lowest BCUT2D eigenvalue weighted by molar-refractivity contribution is -0.365. The molecule has 0 radical (unpaired) electrons. The largest absolute Gasteiger partial charge is 0.403 e. The van der Waals surface area contributed by atoms with Crippen LogP contribution in [-0.4, -0.2) is 45.9 Å². The third kappa shape index (κ3) is 4.59. The summed E-state index contributed by atoms with van der Waals surface area (Å²) in [6.45, 7) is 5.06. The predicted molar refractivity (Wildman–Crippen MR) is 59.9 cm³/mol. The molecule has 0 aromatic carbocycles. The summed E-state index contributed by atoms with van der Waals surface area (Å²) in [7, 11) is 0. The minimum absolute atomic E-state index is 0.597. The Hall–Kier alpha value is -1.18. The van der Waals surface area contributed by atoms with Crippen LogP contribution in [0.4, 0.5) is 0 Å². The maximum atomic E-state index is 11.4. The molecule has 7 nitrogen and oxygen atoms in total. The topological polar surface area (TPSA) is 113 Å². The van der Waals surface area contributed by atoms with Crippen LogP contribution in [0, 0.1) is 11.8 Å². The number of esters is 2. The van der Waals surface area contributed by atoms with Crippen molar-refractivity contribution in [2.24, 2.45) is 11.8 Å². The average Bonchev–Trinajstić information content (AvgIpc) is 2.27. The van der Waals surface area contributed by atoms with Crippen molar-refractivity contribution < 1.29 is 34.4 Å². The number of carbonyl (C=O) groups is 2. The summed E-state index contributed by atoms with van der Waals surface area (Å²) in [6, 6.07) is 0. The fourth-order valence-electron chi connectivity index (χ4n) is 0.796. The number of hydrogen-bond acceptors (Lipinski definition) is 7. The second kappa shape index (κ2) is 6.67. The molecule has 0 bridgehead atoms. The van der Waals surface area contributed by atoms with Crippen LogP contribution in [0.25, 0.3) is 0 Å². The van der Waals surface area contributed by atoms with Crippen molar-refractivity contribution >= 4 is 11.9 Å². The molecule has 3 N–H and O–H groups in total. The molecule has 0 aliphatic carbocycles. The zero-order chi connectivity index (χ0) is 14.5. The number of aliphatic hydroxyl groups is 3. The highest BCUT2D eigenvalue weighted by Gasteiger charge is 2.45. The first-order valence-corrected chi connectivity index (χ1v) is 5.61. The van der Waals surface area contributed by atoms with Gasteiger partial charge in [0.2, 0.25) is 0 Å². The molecule has 0 amide bonds. The second-order valence-corrected chi connectivity index (χ2v) is 4.48. The van der Waals surface area contributed by atoms with Gasteiger partial charge in [0.05, 0.1) is 18.4 Å². The molecule has 0 aromatic rings. The standard InChI is InChI=1S/C11H20O7/c1-6(2)9(14)17-11(16,8(13)5-12)18-10(15)7(3)4/h6-8,12-13,16H,5H2,1-4H3. The Kier molecular flexibility index (Phi) is 6.23. The van der Waals surface area contributed by atoms with Gasteiger partial charge in [-0.05, 0) is 0 Å². The molecule has 7 heteroatoms. The third-order valence-electron chi connectivity index (χ3n) is 2.03. The summed E-state index contributed by atoms with van der Waals surface area (Å²) in [5.41, 5.74) is 0. The van der Waals surface area contributed by atoms with Crippen molar-refractivity contribution in [1.82, 2.24) is 0 Å². The second-order valence-electron chi connectivity index (χ2n) is 4.48. The Morgan fingerprint density at radius 3 is 1.61 bits per heavy atom. The Balaban J connectivity index is 4.95. The lowest BCUT2D eigenvalue weighted by Crippen LogP contribution is -2.52. The van der Waals surface area contributed by atoms with E-state index in [-0.39, 0.29) is 0 Å². The Morgan fingerprint density at radius 2 is 1.39 bits per heavy atom. The van der Waals surface area contributed by atoms with Crippen LogP contribution in [0.2, 0.25) is 0 Å². The molecule has 0 heterocycles. The van der Waals surface area contributed by atoms with Gasteiger partial charge in [-0.2, -0.15) is 0 Å². The van der Waals surface area contributed by atoms with E-state index in [0.29, 0.717) is 0 Å². The van der Waals surface area contributed by atoms with Crippen molar-refractivity contribution in [3.63, 3.8) is 0 Å². The summed E-state index contributed by atoms with van der Waals surface area (Å²) in [6.07, 6.45) is -1.94. The highest BCUT2D eigenvalue weighted by molar-refractivity contribution is 5.74. The Bertz CT molecular complexity index is 276. The van der Waals surface area contributed by atoms with E-state index in [1.54, 1.807) is 0 Å². The van der Waals surface area contributed by atoms with Crippen molar-refractivity contribution in [1.29, 1.82) is 0 Å². The maximum absolute atomic E-state index is 11.4. The highest BCUT2D eigenvalue weighted by atomic mass is 16.8. The van der Waals surface area contributed by atoms with Gasteiger partial charge >= 0.3 is 17.9 Å². The molecule has 1 unspecified atom stereocenters. The summed E-state index contributed by atoms with van der Waals surface area (Å²) < 4.78 is 9.07. The van der Waals surface area contributed by atoms with Gasteiger partial charge in [-0.1, -0.05) is 27.7 Å². The van der Waals surface area contributed by atoms with Crippen LogP contribution >= 0.6 is 0 Å². The first-order chi connectivity index (χ1) is 8.14. The van der Waals surface area contributed by atoms with Crippen molar-refractivity contribution in [3.05, 3.63) is 0 Å². The molecule has 0 aliphatic rings. The molecule has 1 atom stereocenters. The van der Waals surface area contributed by atoms with Crippen LogP contribution in [0.5, 0.6) is 0 Å². The molecular formula is C11H20O7. The van der Waals surface area contributed by atoms with Crippen molar-refractivity contribution in [2.75, 3.05) is 6.61 Å². The van der Waals surface area contributed by atoms with E-state index in [1.807, 2.05) is 0 Å². The summed E-state index contributed by atoms with van der Waals surface area (Å²) in [4.78, 5) is 22.7. The van der Waals surface area contributed by atoms with Crippen LogP contribution in [-0.2, 0) is 19.1 Å². The molecule has 106 valence electrons. The van der Waals surface area contributed by atoms with Gasteiger partial charge in [-0.25, -0.2) is 0 Å². The first-order valence-electron chi connectivity index (χ1n) is 5.61. The monoisotopic (exact) mass is 264 g/mol. The van der Waals surface area contributed by atoms with E-state index in [1.165, 1.54) is 27.7 Å².